The molecule has 46 heavy (non-hydrogen) atoms. The minimum atomic E-state index is -1.00. The van der Waals surface area contributed by atoms with Gasteiger partial charge in [-0.15, -0.1) is 0 Å². The Balaban J connectivity index is 1.47. The summed E-state index contributed by atoms with van der Waals surface area (Å²) in [5.74, 6) is -1.43. The minimum absolute atomic E-state index is 0.0183. The Labute approximate surface area is 268 Å². The number of methoxy groups -OCH3 is 1. The van der Waals surface area contributed by atoms with Gasteiger partial charge in [0.25, 0.3) is 0 Å². The molecule has 4 amide bonds. The van der Waals surface area contributed by atoms with E-state index in [-0.39, 0.29) is 51.2 Å². The van der Waals surface area contributed by atoms with Crippen LogP contribution in [0.5, 0.6) is 17.2 Å². The van der Waals surface area contributed by atoms with Gasteiger partial charge in [-0.1, -0.05) is 25.5 Å². The van der Waals surface area contributed by atoms with Crippen LogP contribution in [0.25, 0.3) is 0 Å². The largest absolute Gasteiger partial charge is 0.493 e. The van der Waals surface area contributed by atoms with Crippen LogP contribution in [0.15, 0.2) is 36.4 Å². The summed E-state index contributed by atoms with van der Waals surface area (Å²) < 4.78 is 16.8. The highest BCUT2D eigenvalue weighted by Crippen LogP contribution is 2.47. The maximum atomic E-state index is 14.1. The number of imide groups is 1. The summed E-state index contributed by atoms with van der Waals surface area (Å²) in [6, 6.07) is 10.2. The predicted octanol–water partition coefficient (Wildman–Crippen LogP) is 2.86. The van der Waals surface area contributed by atoms with Crippen LogP contribution >= 0.6 is 0 Å². The van der Waals surface area contributed by atoms with Crippen molar-refractivity contribution in [3.8, 4) is 17.2 Å². The fourth-order valence-corrected chi connectivity index (χ4v) is 6.69. The Hall–Kier alpha value is -4.36. The summed E-state index contributed by atoms with van der Waals surface area (Å²) in [7, 11) is 2.96. The van der Waals surface area contributed by atoms with Crippen molar-refractivity contribution < 1.29 is 38.5 Å². The Kier molecular flexibility index (Phi) is 10.3. The van der Waals surface area contributed by atoms with E-state index in [4.69, 9.17) is 19.9 Å². The van der Waals surface area contributed by atoms with Crippen LogP contribution in [0, 0.1) is 5.92 Å². The smallest absolute Gasteiger partial charge is 0.326 e. The number of hydrogen-bond donors (Lipinski definition) is 2. The van der Waals surface area contributed by atoms with Gasteiger partial charge < -0.3 is 34.9 Å². The molecule has 0 aromatic heterocycles. The van der Waals surface area contributed by atoms with E-state index in [2.05, 4.69) is 6.92 Å². The number of carbonyl (C=O) groups is 4. The van der Waals surface area contributed by atoms with E-state index in [0.29, 0.717) is 42.3 Å². The first kappa shape index (κ1) is 33.0. The van der Waals surface area contributed by atoms with Gasteiger partial charge in [0, 0.05) is 63.8 Å². The highest BCUT2D eigenvalue weighted by Gasteiger charge is 2.48. The van der Waals surface area contributed by atoms with Crippen LogP contribution in [0.2, 0.25) is 0 Å². The molecule has 0 aliphatic carbocycles. The van der Waals surface area contributed by atoms with E-state index in [0.717, 1.165) is 29.0 Å². The van der Waals surface area contributed by atoms with Crippen LogP contribution in [-0.4, -0.2) is 103 Å². The number of amides is 4. The van der Waals surface area contributed by atoms with Gasteiger partial charge in [0.2, 0.25) is 24.4 Å². The molecule has 0 spiro atoms. The zero-order valence-corrected chi connectivity index (χ0v) is 26.6. The zero-order chi connectivity index (χ0) is 33.0. The van der Waals surface area contributed by atoms with Gasteiger partial charge in [-0.3, -0.25) is 24.2 Å². The number of fused-ring (bicyclic) bond motifs is 1. The van der Waals surface area contributed by atoms with Gasteiger partial charge in [-0.05, 0) is 48.2 Å². The lowest BCUT2D eigenvalue weighted by Crippen LogP contribution is -2.52. The quantitative estimate of drug-likeness (QED) is 0.335. The number of benzene rings is 2. The van der Waals surface area contributed by atoms with Gasteiger partial charge in [-0.2, -0.15) is 0 Å². The molecule has 13 heteroatoms. The number of carboxylic acids is 1. The summed E-state index contributed by atoms with van der Waals surface area (Å²) in [6.45, 7) is 3.71. The molecule has 3 N–H and O–H groups in total. The maximum absolute atomic E-state index is 14.1. The van der Waals surface area contributed by atoms with Crippen molar-refractivity contribution >= 4 is 29.5 Å². The number of nitrogens with zero attached hydrogens (tertiary/aromatic N) is 4. The van der Waals surface area contributed by atoms with E-state index < -0.39 is 29.9 Å². The molecular formula is C33H43N5O8. The molecule has 2 aromatic rings. The molecule has 3 aliphatic rings. The molecule has 0 unspecified atom stereocenters. The summed E-state index contributed by atoms with van der Waals surface area (Å²) in [5, 5.41) is 10.7. The number of urea groups is 1. The number of unbranched alkanes of at least 4 members (excludes halogenated alkanes) is 1. The highest BCUT2D eigenvalue weighted by atomic mass is 16.7. The SMILES string of the molecule is CCCCN(C(=O)CN1C[C@H](c2cc(OC)c3c(c2)OCO3)[C@@H](C(=O)O)[C@@H]1CCN1CCC(=O)N(C)C1=O)c1cccc(CN)c1. The molecule has 5 rings (SSSR count). The minimum Gasteiger partial charge on any atom is -0.493 e. The van der Waals surface area contributed by atoms with Gasteiger partial charge in [0.05, 0.1) is 19.6 Å². The van der Waals surface area contributed by atoms with Crippen LogP contribution in [0.3, 0.4) is 0 Å². The average molecular weight is 638 g/mol. The Morgan fingerprint density at radius 1 is 1.17 bits per heavy atom. The second kappa shape index (κ2) is 14.4. The highest BCUT2D eigenvalue weighted by molar-refractivity contribution is 5.96. The molecular weight excluding hydrogens is 594 g/mol. The Morgan fingerprint density at radius 2 is 1.98 bits per heavy atom. The van der Waals surface area contributed by atoms with E-state index >= 15 is 0 Å². The van der Waals surface area contributed by atoms with Crippen molar-refractivity contribution in [1.82, 2.24) is 14.7 Å². The number of carboxylic acid groups (broad SMARTS) is 1. The normalized spacial score (nSPS) is 21.2. The van der Waals surface area contributed by atoms with Crippen LogP contribution < -0.4 is 24.8 Å². The molecule has 0 saturated carbocycles. The van der Waals surface area contributed by atoms with Crippen molar-refractivity contribution in [3.63, 3.8) is 0 Å². The molecule has 0 radical (unpaired) electrons. The number of ether oxygens (including phenoxy) is 3. The Morgan fingerprint density at radius 3 is 2.70 bits per heavy atom. The standard InChI is InChI=1S/C33H43N5O8/c1-4-5-11-38(23-8-6-7-21(14-23)17-34)29(40)19-37-18-24(22-15-26(44-3)31-27(16-22)45-20-46-31)30(32(41)42)25(37)9-12-36-13-10-28(39)35(2)33(36)43/h6-8,14-16,24-25,30H,4-5,9-13,17-20,34H2,1-3H3,(H,41,42)/t24-,25+,30-/m1/s1. The number of anilines is 1. The van der Waals surface area contributed by atoms with Crippen molar-refractivity contribution in [2.45, 2.75) is 51.1 Å². The fourth-order valence-electron chi connectivity index (χ4n) is 6.69. The number of nitrogens with two attached hydrogens (primary N) is 1. The number of carbonyl (C=O) groups excluding carboxylic acids is 3. The molecule has 248 valence electrons. The molecule has 3 aliphatic heterocycles. The molecule has 3 atom stereocenters. The monoisotopic (exact) mass is 637 g/mol. The average Bonchev–Trinajstić information content (AvgIpc) is 3.68. The third-order valence-corrected chi connectivity index (χ3v) is 9.20. The third kappa shape index (κ3) is 6.75. The molecule has 0 bridgehead atoms. The van der Waals surface area contributed by atoms with E-state index in [9.17, 15) is 24.3 Å². The molecule has 2 aromatic carbocycles. The summed E-state index contributed by atoms with van der Waals surface area (Å²) in [4.78, 5) is 58.4. The van der Waals surface area contributed by atoms with Crippen molar-refractivity contribution in [3.05, 3.63) is 47.5 Å². The van der Waals surface area contributed by atoms with Crippen molar-refractivity contribution in [2.75, 3.05) is 58.6 Å². The third-order valence-electron chi connectivity index (χ3n) is 9.20. The van der Waals surface area contributed by atoms with Gasteiger partial charge in [0.15, 0.2) is 11.5 Å². The summed E-state index contributed by atoms with van der Waals surface area (Å²) in [6.07, 6.45) is 2.18. The number of rotatable bonds is 13. The first-order chi connectivity index (χ1) is 22.2. The molecule has 2 fully saturated rings. The van der Waals surface area contributed by atoms with E-state index in [1.165, 1.54) is 14.2 Å². The second-order valence-corrected chi connectivity index (χ2v) is 12.0. The summed E-state index contributed by atoms with van der Waals surface area (Å²) >= 11 is 0. The molecule has 13 nitrogen and oxygen atoms in total. The number of hydrogen-bond acceptors (Lipinski definition) is 9. The van der Waals surface area contributed by atoms with E-state index in [1.54, 1.807) is 21.9 Å². The second-order valence-electron chi connectivity index (χ2n) is 12.0. The number of likely N-dealkylation sites (tertiary alicyclic amines) is 1. The lowest BCUT2D eigenvalue weighted by molar-refractivity contribution is -0.143. The first-order valence-corrected chi connectivity index (χ1v) is 15.8. The fraction of sp³-hybridized carbons (Fsp3) is 0.515. The van der Waals surface area contributed by atoms with E-state index in [1.807, 2.05) is 29.2 Å². The van der Waals surface area contributed by atoms with Gasteiger partial charge >= 0.3 is 12.0 Å². The predicted molar refractivity (Wildman–Crippen MR) is 169 cm³/mol. The zero-order valence-electron chi connectivity index (χ0n) is 26.6. The first-order valence-electron chi connectivity index (χ1n) is 15.8. The van der Waals surface area contributed by atoms with Crippen LogP contribution in [-0.2, 0) is 20.9 Å². The van der Waals surface area contributed by atoms with Crippen molar-refractivity contribution in [1.29, 1.82) is 0 Å². The summed E-state index contributed by atoms with van der Waals surface area (Å²) in [5.41, 5.74) is 8.24. The Bertz CT molecular complexity index is 1470. The topological polar surface area (TPSA) is 155 Å². The van der Waals surface area contributed by atoms with Crippen LogP contribution in [0.4, 0.5) is 10.5 Å². The maximum Gasteiger partial charge on any atom is 0.326 e. The molecule has 3 heterocycles. The number of aliphatic carboxylic acids is 1. The van der Waals surface area contributed by atoms with Crippen molar-refractivity contribution in [2.24, 2.45) is 11.7 Å². The lowest BCUT2D eigenvalue weighted by atomic mass is 9.84. The lowest BCUT2D eigenvalue weighted by Gasteiger charge is -2.34. The van der Waals surface area contributed by atoms with Gasteiger partial charge in [0.1, 0.15) is 0 Å². The van der Waals surface area contributed by atoms with Gasteiger partial charge in [-0.25, -0.2) is 4.79 Å². The molecule has 2 saturated heterocycles. The van der Waals surface area contributed by atoms with Crippen LogP contribution in [0.1, 0.15) is 49.7 Å².